The van der Waals surface area contributed by atoms with Gasteiger partial charge in [-0.05, 0) is 48.7 Å². The molecule has 0 atom stereocenters. The predicted octanol–water partition coefficient (Wildman–Crippen LogP) is 3.13. The molecule has 9 heteroatoms. The Morgan fingerprint density at radius 3 is 2.00 bits per heavy atom. The van der Waals surface area contributed by atoms with Crippen molar-refractivity contribution < 1.29 is 18.0 Å². The fourth-order valence-corrected chi connectivity index (χ4v) is 3.80. The highest BCUT2D eigenvalue weighted by atomic mass is 32.2. The van der Waals surface area contributed by atoms with E-state index in [9.17, 15) is 18.0 Å². The van der Waals surface area contributed by atoms with E-state index < -0.39 is 10.0 Å². The average molecular weight is 393 g/mol. The molecule has 26 heavy (non-hydrogen) atoms. The number of thioether (sulfide) groups is 1. The number of hydrogen-bond acceptors (Lipinski definition) is 5. The van der Waals surface area contributed by atoms with Crippen molar-refractivity contribution in [1.29, 1.82) is 0 Å². The summed E-state index contributed by atoms with van der Waals surface area (Å²) >= 11 is 1.40. The van der Waals surface area contributed by atoms with E-state index in [0.717, 1.165) is 4.90 Å². The normalized spacial score (nSPS) is 10.9. The van der Waals surface area contributed by atoms with Crippen LogP contribution in [0.2, 0.25) is 0 Å². The number of amides is 2. The molecular formula is C17H19N3O4S2. The van der Waals surface area contributed by atoms with Crippen LogP contribution >= 0.6 is 11.8 Å². The Balaban J connectivity index is 2.26. The van der Waals surface area contributed by atoms with Gasteiger partial charge < -0.3 is 10.6 Å². The van der Waals surface area contributed by atoms with Gasteiger partial charge >= 0.3 is 0 Å². The van der Waals surface area contributed by atoms with E-state index in [4.69, 9.17) is 0 Å². The van der Waals surface area contributed by atoms with Crippen LogP contribution in [0, 0.1) is 0 Å². The molecule has 0 unspecified atom stereocenters. The van der Waals surface area contributed by atoms with E-state index in [0.29, 0.717) is 17.1 Å². The van der Waals surface area contributed by atoms with Gasteiger partial charge in [0, 0.05) is 30.1 Å². The van der Waals surface area contributed by atoms with E-state index in [1.165, 1.54) is 37.7 Å². The minimum Gasteiger partial charge on any atom is -0.326 e. The molecule has 2 amide bonds. The maximum Gasteiger partial charge on any atom is 0.261 e. The molecule has 7 nitrogen and oxygen atoms in total. The molecule has 0 bridgehead atoms. The summed E-state index contributed by atoms with van der Waals surface area (Å²) in [6.45, 7) is 2.75. The van der Waals surface area contributed by atoms with Crippen molar-refractivity contribution in [3.05, 3.63) is 42.5 Å². The summed E-state index contributed by atoms with van der Waals surface area (Å²) in [6.07, 6.45) is 1.84. The molecule has 0 aliphatic rings. The van der Waals surface area contributed by atoms with Crippen LogP contribution < -0.4 is 15.4 Å². The van der Waals surface area contributed by atoms with Gasteiger partial charge in [0.05, 0.1) is 10.6 Å². The Morgan fingerprint density at radius 1 is 0.885 bits per heavy atom. The first kappa shape index (κ1) is 19.8. The topological polar surface area (TPSA) is 104 Å². The third kappa shape index (κ3) is 5.24. The lowest BCUT2D eigenvalue weighted by Gasteiger charge is -2.13. The highest BCUT2D eigenvalue weighted by Crippen LogP contribution is 2.29. The highest BCUT2D eigenvalue weighted by Gasteiger charge is 2.17. The van der Waals surface area contributed by atoms with Crippen molar-refractivity contribution >= 4 is 50.7 Å². The van der Waals surface area contributed by atoms with Crippen molar-refractivity contribution in [2.45, 2.75) is 23.6 Å². The molecule has 0 fully saturated rings. The Labute approximate surface area is 156 Å². The van der Waals surface area contributed by atoms with Crippen molar-refractivity contribution in [1.82, 2.24) is 0 Å². The number of hydrogen-bond donors (Lipinski definition) is 3. The van der Waals surface area contributed by atoms with Crippen molar-refractivity contribution in [3.63, 3.8) is 0 Å². The molecule has 0 spiro atoms. The van der Waals surface area contributed by atoms with Gasteiger partial charge in [-0.1, -0.05) is 0 Å². The lowest BCUT2D eigenvalue weighted by atomic mass is 10.3. The van der Waals surface area contributed by atoms with Crippen molar-refractivity contribution in [2.24, 2.45) is 0 Å². The molecule has 0 heterocycles. The maximum absolute atomic E-state index is 12.6. The lowest BCUT2D eigenvalue weighted by Crippen LogP contribution is -2.14. The summed E-state index contributed by atoms with van der Waals surface area (Å²) < 4.78 is 27.7. The predicted molar refractivity (Wildman–Crippen MR) is 104 cm³/mol. The van der Waals surface area contributed by atoms with Gasteiger partial charge in [-0.2, -0.15) is 0 Å². The fraction of sp³-hybridized carbons (Fsp3) is 0.176. The molecule has 0 aromatic heterocycles. The van der Waals surface area contributed by atoms with Gasteiger partial charge in [0.25, 0.3) is 10.0 Å². The zero-order valence-corrected chi connectivity index (χ0v) is 16.1. The maximum atomic E-state index is 12.6. The van der Waals surface area contributed by atoms with Crippen LogP contribution in [0.15, 0.2) is 52.3 Å². The minimum atomic E-state index is -3.83. The fourth-order valence-electron chi connectivity index (χ4n) is 2.18. The number of benzene rings is 2. The SMILES string of the molecule is CSc1ccc(S(=O)(=O)Nc2ccc(NC(C)=O)cc2)cc1NC(C)=O. The first-order valence-electron chi connectivity index (χ1n) is 7.57. The second-order valence-corrected chi connectivity index (χ2v) is 7.94. The van der Waals surface area contributed by atoms with Crippen LogP contribution in [-0.2, 0) is 19.6 Å². The molecule has 2 aromatic rings. The van der Waals surface area contributed by atoms with E-state index in [1.807, 2.05) is 6.26 Å². The zero-order valence-electron chi connectivity index (χ0n) is 14.5. The largest absolute Gasteiger partial charge is 0.326 e. The van der Waals surface area contributed by atoms with Gasteiger partial charge in [-0.15, -0.1) is 11.8 Å². The Kier molecular flexibility index (Phi) is 6.27. The van der Waals surface area contributed by atoms with E-state index in [-0.39, 0.29) is 16.7 Å². The third-order valence-electron chi connectivity index (χ3n) is 3.25. The summed E-state index contributed by atoms with van der Waals surface area (Å²) in [6, 6.07) is 10.8. The highest BCUT2D eigenvalue weighted by molar-refractivity contribution is 7.98. The van der Waals surface area contributed by atoms with Crippen LogP contribution in [-0.4, -0.2) is 26.5 Å². The average Bonchev–Trinajstić information content (AvgIpc) is 2.55. The van der Waals surface area contributed by atoms with E-state index in [2.05, 4.69) is 15.4 Å². The van der Waals surface area contributed by atoms with Crippen LogP contribution in [0.5, 0.6) is 0 Å². The lowest BCUT2D eigenvalue weighted by molar-refractivity contribution is -0.115. The molecule has 0 aliphatic carbocycles. The standard InChI is InChI=1S/C17H19N3O4S2/c1-11(21)18-13-4-6-14(7-5-13)20-26(23,24)15-8-9-17(25-3)16(10-15)19-12(2)22/h4-10,20H,1-3H3,(H,18,21)(H,19,22). The molecule has 2 rings (SSSR count). The number of anilines is 3. The molecule has 0 saturated heterocycles. The number of sulfonamides is 1. The summed E-state index contributed by atoms with van der Waals surface area (Å²) in [7, 11) is -3.83. The Hall–Kier alpha value is -2.52. The van der Waals surface area contributed by atoms with Crippen LogP contribution in [0.3, 0.4) is 0 Å². The number of carbonyl (C=O) groups excluding carboxylic acids is 2. The molecule has 2 aromatic carbocycles. The van der Waals surface area contributed by atoms with Gasteiger partial charge in [0.15, 0.2) is 0 Å². The molecule has 0 aliphatic heterocycles. The first-order chi connectivity index (χ1) is 12.2. The molecular weight excluding hydrogens is 374 g/mol. The van der Waals surface area contributed by atoms with Gasteiger partial charge in [-0.25, -0.2) is 8.42 Å². The molecule has 3 N–H and O–H groups in total. The van der Waals surface area contributed by atoms with Crippen molar-refractivity contribution in [2.75, 3.05) is 21.6 Å². The molecule has 138 valence electrons. The van der Waals surface area contributed by atoms with E-state index in [1.54, 1.807) is 30.3 Å². The smallest absolute Gasteiger partial charge is 0.261 e. The molecule has 0 radical (unpaired) electrons. The third-order valence-corrected chi connectivity index (χ3v) is 5.42. The van der Waals surface area contributed by atoms with Gasteiger partial charge in [0.2, 0.25) is 11.8 Å². The second kappa shape index (κ2) is 8.24. The van der Waals surface area contributed by atoms with Gasteiger partial charge in [-0.3, -0.25) is 14.3 Å². The number of nitrogens with one attached hydrogen (secondary N) is 3. The van der Waals surface area contributed by atoms with Gasteiger partial charge in [0.1, 0.15) is 0 Å². The van der Waals surface area contributed by atoms with E-state index >= 15 is 0 Å². The second-order valence-electron chi connectivity index (χ2n) is 5.41. The number of rotatable bonds is 6. The Morgan fingerprint density at radius 2 is 1.46 bits per heavy atom. The zero-order chi connectivity index (χ0) is 19.3. The first-order valence-corrected chi connectivity index (χ1v) is 10.3. The van der Waals surface area contributed by atoms with Crippen LogP contribution in [0.25, 0.3) is 0 Å². The summed E-state index contributed by atoms with van der Waals surface area (Å²) in [5, 5.41) is 5.24. The van der Waals surface area contributed by atoms with Crippen molar-refractivity contribution in [3.8, 4) is 0 Å². The summed E-state index contributed by atoms with van der Waals surface area (Å²) in [5.41, 5.74) is 1.36. The summed E-state index contributed by atoms with van der Waals surface area (Å²) in [4.78, 5) is 23.1. The Bertz CT molecular complexity index is 926. The summed E-state index contributed by atoms with van der Waals surface area (Å²) in [5.74, 6) is -0.492. The van der Waals surface area contributed by atoms with Crippen LogP contribution in [0.4, 0.5) is 17.1 Å². The number of carbonyl (C=O) groups is 2. The quantitative estimate of drug-likeness (QED) is 0.654. The van der Waals surface area contributed by atoms with Crippen LogP contribution in [0.1, 0.15) is 13.8 Å². The monoisotopic (exact) mass is 393 g/mol. The molecule has 0 saturated carbocycles. The minimum absolute atomic E-state index is 0.0324.